The molecule has 0 fully saturated rings. The highest BCUT2D eigenvalue weighted by Gasteiger charge is 1.89. The molecule has 1 aromatic heterocycles. The number of rotatable bonds is 2. The molecule has 0 aliphatic rings. The van der Waals surface area contributed by atoms with Gasteiger partial charge in [-0.2, -0.15) is 0 Å². The lowest BCUT2D eigenvalue weighted by molar-refractivity contribution is 0.728. The van der Waals surface area contributed by atoms with Gasteiger partial charge in [-0.15, -0.1) is 16.2 Å². The Labute approximate surface area is 61.8 Å². The first-order chi connectivity index (χ1) is 4.88. The molecule has 1 heterocycles. The maximum absolute atomic E-state index is 9.72. The summed E-state index contributed by atoms with van der Waals surface area (Å²) in [6, 6.07) is 0. The van der Waals surface area contributed by atoms with Crippen LogP contribution in [0.5, 0.6) is 0 Å². The first-order valence-electron chi connectivity index (χ1n) is 2.88. The monoisotopic (exact) mass is 157 g/mol. The van der Waals surface area contributed by atoms with Crippen molar-refractivity contribution < 1.29 is 0 Å². The molecule has 5 heteroatoms. The van der Waals surface area contributed by atoms with E-state index in [0.29, 0.717) is 4.80 Å². The third-order valence-corrected chi connectivity index (χ3v) is 1.91. The number of nitroso groups, excluding NO2 is 1. The van der Waals surface area contributed by atoms with Crippen LogP contribution in [0.2, 0.25) is 0 Å². The molecule has 0 atom stereocenters. The molecule has 0 amide bonds. The Bertz CT molecular complexity index is 274. The number of hydrogen-bond donors (Lipinski definition) is 0. The summed E-state index contributed by atoms with van der Waals surface area (Å²) in [6.45, 7) is 2.80. The minimum Gasteiger partial charge on any atom is -0.322 e. The van der Waals surface area contributed by atoms with Crippen LogP contribution in [0.4, 0.5) is 0 Å². The van der Waals surface area contributed by atoms with Crippen molar-refractivity contribution in [2.75, 3.05) is 0 Å². The van der Waals surface area contributed by atoms with Gasteiger partial charge in [-0.05, 0) is 6.92 Å². The Morgan fingerprint density at radius 2 is 2.60 bits per heavy atom. The van der Waals surface area contributed by atoms with Crippen LogP contribution < -0.4 is 4.80 Å². The maximum Gasteiger partial charge on any atom is 0.213 e. The van der Waals surface area contributed by atoms with E-state index in [9.17, 15) is 4.91 Å². The summed E-state index contributed by atoms with van der Waals surface area (Å²) in [6.07, 6.45) is 1.87. The Kier molecular flexibility index (Phi) is 2.33. The predicted molar refractivity (Wildman–Crippen MR) is 39.3 cm³/mol. The molecule has 0 N–H and O–H groups in total. The zero-order valence-electron chi connectivity index (χ0n) is 5.52. The molecule has 0 unspecified atom stereocenters. The summed E-state index contributed by atoms with van der Waals surface area (Å²) < 4.78 is 1.85. The fraction of sp³-hybridized carbons (Fsp3) is 0.400. The van der Waals surface area contributed by atoms with E-state index in [0.717, 1.165) is 6.54 Å². The largest absolute Gasteiger partial charge is 0.322 e. The van der Waals surface area contributed by atoms with Gasteiger partial charge in [0.1, 0.15) is 0 Å². The fourth-order valence-corrected chi connectivity index (χ4v) is 1.39. The highest BCUT2D eigenvalue weighted by atomic mass is 32.1. The Morgan fingerprint density at radius 1 is 1.80 bits per heavy atom. The van der Waals surface area contributed by atoms with Gasteiger partial charge < -0.3 is 4.57 Å². The average molecular weight is 157 g/mol. The van der Waals surface area contributed by atoms with Crippen molar-refractivity contribution in [3.8, 4) is 0 Å². The molecular weight excluding hydrogens is 150 g/mol. The molecule has 0 saturated heterocycles. The Balaban J connectivity index is 3.13. The van der Waals surface area contributed by atoms with Crippen LogP contribution in [0.1, 0.15) is 6.92 Å². The SMILES string of the molecule is CCn1ccs/c1=N/N=O. The van der Waals surface area contributed by atoms with Crippen molar-refractivity contribution >= 4 is 11.3 Å². The zero-order chi connectivity index (χ0) is 7.40. The molecule has 0 saturated carbocycles. The van der Waals surface area contributed by atoms with E-state index in [1.165, 1.54) is 11.3 Å². The van der Waals surface area contributed by atoms with Gasteiger partial charge in [0, 0.05) is 18.1 Å². The van der Waals surface area contributed by atoms with E-state index in [2.05, 4.69) is 10.4 Å². The first kappa shape index (κ1) is 7.14. The first-order valence-corrected chi connectivity index (χ1v) is 3.76. The van der Waals surface area contributed by atoms with Crippen molar-refractivity contribution in [2.24, 2.45) is 10.4 Å². The van der Waals surface area contributed by atoms with Crippen LogP contribution in [-0.2, 0) is 6.54 Å². The molecule has 0 aliphatic carbocycles. The van der Waals surface area contributed by atoms with E-state index in [4.69, 9.17) is 0 Å². The fourth-order valence-electron chi connectivity index (χ4n) is 0.653. The van der Waals surface area contributed by atoms with E-state index < -0.39 is 0 Å². The number of hydrogen-bond acceptors (Lipinski definition) is 3. The summed E-state index contributed by atoms with van der Waals surface area (Å²) >= 11 is 1.40. The van der Waals surface area contributed by atoms with E-state index in [-0.39, 0.29) is 0 Å². The van der Waals surface area contributed by atoms with E-state index in [1.54, 1.807) is 0 Å². The second-order valence-electron chi connectivity index (χ2n) is 1.65. The second kappa shape index (κ2) is 3.26. The smallest absolute Gasteiger partial charge is 0.213 e. The molecule has 54 valence electrons. The highest BCUT2D eigenvalue weighted by Crippen LogP contribution is 1.88. The number of aryl methyl sites for hydroxylation is 1. The summed E-state index contributed by atoms with van der Waals surface area (Å²) in [7, 11) is 0. The molecule has 0 aliphatic heterocycles. The van der Waals surface area contributed by atoms with Crippen molar-refractivity contribution in [1.82, 2.24) is 4.57 Å². The van der Waals surface area contributed by atoms with Crippen LogP contribution >= 0.6 is 11.3 Å². The van der Waals surface area contributed by atoms with Crippen molar-refractivity contribution in [2.45, 2.75) is 13.5 Å². The van der Waals surface area contributed by atoms with Crippen LogP contribution in [0.15, 0.2) is 22.0 Å². The number of nitrogens with zero attached hydrogens (tertiary/aromatic N) is 3. The topological polar surface area (TPSA) is 46.7 Å². The molecular formula is C5H7N3OS. The molecule has 1 aromatic rings. The molecule has 10 heavy (non-hydrogen) atoms. The van der Waals surface area contributed by atoms with Crippen molar-refractivity contribution in [3.05, 3.63) is 21.3 Å². The standard InChI is InChI=1S/C5H7N3OS/c1-2-8-3-4-10-5(8)6-7-9/h3-4H,2H2,1H3/b6-5+. The maximum atomic E-state index is 9.72. The molecule has 4 nitrogen and oxygen atoms in total. The van der Waals surface area contributed by atoms with Gasteiger partial charge in [0.15, 0.2) is 0 Å². The van der Waals surface area contributed by atoms with E-state index >= 15 is 0 Å². The van der Waals surface area contributed by atoms with Crippen LogP contribution in [0.3, 0.4) is 0 Å². The normalized spacial score (nSPS) is 11.9. The second-order valence-corrected chi connectivity index (χ2v) is 2.53. The van der Waals surface area contributed by atoms with Gasteiger partial charge in [-0.3, -0.25) is 0 Å². The lowest BCUT2D eigenvalue weighted by Gasteiger charge is -1.90. The summed E-state index contributed by atoms with van der Waals surface area (Å²) in [5.74, 6) is 0. The Hall–Kier alpha value is -0.970. The number of thiazole rings is 1. The van der Waals surface area contributed by atoms with Gasteiger partial charge in [0.05, 0.1) is 5.29 Å². The van der Waals surface area contributed by atoms with E-state index in [1.807, 2.05) is 23.1 Å². The molecule has 0 spiro atoms. The van der Waals surface area contributed by atoms with Gasteiger partial charge in [-0.25, -0.2) is 0 Å². The quantitative estimate of drug-likeness (QED) is 0.469. The summed E-state index contributed by atoms with van der Waals surface area (Å²) in [5, 5.41) is 7.71. The highest BCUT2D eigenvalue weighted by molar-refractivity contribution is 7.07. The van der Waals surface area contributed by atoms with Gasteiger partial charge in [0.2, 0.25) is 4.80 Å². The lowest BCUT2D eigenvalue weighted by Crippen LogP contribution is -2.11. The van der Waals surface area contributed by atoms with Gasteiger partial charge in [-0.1, -0.05) is 5.10 Å². The van der Waals surface area contributed by atoms with Crippen LogP contribution in [0.25, 0.3) is 0 Å². The zero-order valence-corrected chi connectivity index (χ0v) is 6.34. The average Bonchev–Trinajstić information content (AvgIpc) is 2.36. The molecule has 1 rings (SSSR count). The van der Waals surface area contributed by atoms with Crippen LogP contribution in [0, 0.1) is 4.91 Å². The summed E-state index contributed by atoms with van der Waals surface area (Å²) in [5.41, 5.74) is 0. The molecule has 0 bridgehead atoms. The van der Waals surface area contributed by atoms with Crippen molar-refractivity contribution in [3.63, 3.8) is 0 Å². The third-order valence-electron chi connectivity index (χ3n) is 1.13. The summed E-state index contributed by atoms with van der Waals surface area (Å²) in [4.78, 5) is 10.4. The minimum atomic E-state index is 0.650. The predicted octanol–water partition coefficient (Wildman–Crippen LogP) is 1.15. The molecule has 0 aromatic carbocycles. The van der Waals surface area contributed by atoms with Crippen LogP contribution in [-0.4, -0.2) is 4.57 Å². The minimum absolute atomic E-state index is 0.650. The van der Waals surface area contributed by atoms with Gasteiger partial charge >= 0.3 is 0 Å². The lowest BCUT2D eigenvalue weighted by atomic mass is 10.7. The van der Waals surface area contributed by atoms with Gasteiger partial charge in [0.25, 0.3) is 0 Å². The number of aromatic nitrogens is 1. The van der Waals surface area contributed by atoms with Crippen molar-refractivity contribution in [1.29, 1.82) is 0 Å². The third kappa shape index (κ3) is 1.30. The molecule has 0 radical (unpaired) electrons. The Morgan fingerprint density at radius 3 is 3.20 bits per heavy atom.